The minimum atomic E-state index is -3.52. The summed E-state index contributed by atoms with van der Waals surface area (Å²) >= 11 is 2.70. The average molecular weight is 355 g/mol. The van der Waals surface area contributed by atoms with Crippen molar-refractivity contribution in [3.8, 4) is 10.7 Å². The van der Waals surface area contributed by atoms with Gasteiger partial charge < -0.3 is 4.52 Å². The number of rotatable bonds is 6. The van der Waals surface area contributed by atoms with E-state index in [0.29, 0.717) is 16.6 Å². The zero-order valence-electron chi connectivity index (χ0n) is 11.7. The number of sulfonamides is 1. The van der Waals surface area contributed by atoms with Crippen molar-refractivity contribution in [1.82, 2.24) is 14.4 Å². The lowest BCUT2D eigenvalue weighted by Crippen LogP contribution is -2.30. The molecule has 116 valence electrons. The van der Waals surface area contributed by atoms with Crippen LogP contribution in [-0.4, -0.2) is 29.4 Å². The van der Waals surface area contributed by atoms with Crippen LogP contribution in [0.15, 0.2) is 43.8 Å². The van der Waals surface area contributed by atoms with Crippen molar-refractivity contribution in [2.75, 3.05) is 6.54 Å². The van der Waals surface area contributed by atoms with Crippen molar-refractivity contribution in [2.24, 2.45) is 0 Å². The monoisotopic (exact) mass is 355 g/mol. The largest absolute Gasteiger partial charge is 0.337 e. The Morgan fingerprint density at radius 2 is 2.00 bits per heavy atom. The van der Waals surface area contributed by atoms with Gasteiger partial charge in [0.1, 0.15) is 4.21 Å². The van der Waals surface area contributed by atoms with Gasteiger partial charge >= 0.3 is 0 Å². The van der Waals surface area contributed by atoms with Gasteiger partial charge in [-0.25, -0.2) is 8.42 Å². The molecule has 0 aliphatic heterocycles. The molecule has 0 fully saturated rings. The summed E-state index contributed by atoms with van der Waals surface area (Å²) in [7, 11) is -3.52. The highest BCUT2D eigenvalue weighted by atomic mass is 32.2. The maximum atomic E-state index is 12.5. The van der Waals surface area contributed by atoms with E-state index in [1.807, 2.05) is 17.5 Å². The molecule has 0 N–H and O–H groups in total. The summed E-state index contributed by atoms with van der Waals surface area (Å²) in [5.74, 6) is 0.764. The Labute approximate surface area is 136 Å². The van der Waals surface area contributed by atoms with Crippen LogP contribution in [0.2, 0.25) is 0 Å². The van der Waals surface area contributed by atoms with E-state index in [1.165, 1.54) is 27.0 Å². The second-order valence-corrected chi connectivity index (χ2v) is 8.41. The Hall–Kier alpha value is -1.55. The van der Waals surface area contributed by atoms with Gasteiger partial charge in [-0.2, -0.15) is 9.29 Å². The second kappa shape index (κ2) is 6.29. The number of hydrogen-bond donors (Lipinski definition) is 0. The lowest BCUT2D eigenvalue weighted by atomic mass is 10.4. The van der Waals surface area contributed by atoms with Crippen molar-refractivity contribution < 1.29 is 12.9 Å². The molecule has 0 spiro atoms. The van der Waals surface area contributed by atoms with Crippen LogP contribution in [0.5, 0.6) is 0 Å². The van der Waals surface area contributed by atoms with Gasteiger partial charge in [0.25, 0.3) is 10.0 Å². The maximum Gasteiger partial charge on any atom is 0.253 e. The quantitative estimate of drug-likeness (QED) is 0.679. The van der Waals surface area contributed by atoms with E-state index in [0.717, 1.165) is 4.88 Å². The Morgan fingerprint density at radius 1 is 1.23 bits per heavy atom. The Bertz CT molecular complexity index is 823. The standard InChI is InChI=1S/C13H13N3O3S3/c1-2-16(22(17,18)12-6-4-8-21-12)9-11-14-13(15-19-11)10-5-3-7-20-10/h3-8H,2,9H2,1H3. The molecule has 9 heteroatoms. The first-order valence-electron chi connectivity index (χ1n) is 6.51. The second-order valence-electron chi connectivity index (χ2n) is 4.35. The molecule has 0 amide bonds. The molecule has 3 aromatic rings. The molecule has 0 bridgehead atoms. The van der Waals surface area contributed by atoms with Gasteiger partial charge in [0.05, 0.1) is 11.4 Å². The molecule has 0 saturated heterocycles. The fourth-order valence-electron chi connectivity index (χ4n) is 1.88. The zero-order chi connectivity index (χ0) is 15.6. The third-order valence-electron chi connectivity index (χ3n) is 2.96. The van der Waals surface area contributed by atoms with E-state index in [2.05, 4.69) is 10.1 Å². The average Bonchev–Trinajstić information content (AvgIpc) is 3.25. The predicted octanol–water partition coefficient (Wildman–Crippen LogP) is 3.07. The van der Waals surface area contributed by atoms with Crippen LogP contribution in [-0.2, 0) is 16.6 Å². The summed E-state index contributed by atoms with van der Waals surface area (Å²) in [5.41, 5.74) is 0. The first-order chi connectivity index (χ1) is 10.6. The lowest BCUT2D eigenvalue weighted by Gasteiger charge is -2.17. The lowest BCUT2D eigenvalue weighted by molar-refractivity contribution is 0.322. The summed E-state index contributed by atoms with van der Waals surface area (Å²) in [4.78, 5) is 5.15. The van der Waals surface area contributed by atoms with Crippen LogP contribution in [0.3, 0.4) is 0 Å². The minimum Gasteiger partial charge on any atom is -0.337 e. The van der Waals surface area contributed by atoms with Gasteiger partial charge in [0.15, 0.2) is 0 Å². The third kappa shape index (κ3) is 2.98. The van der Waals surface area contributed by atoms with E-state index in [4.69, 9.17) is 4.52 Å². The van der Waals surface area contributed by atoms with E-state index in [9.17, 15) is 8.42 Å². The predicted molar refractivity (Wildman–Crippen MR) is 85.2 cm³/mol. The SMILES string of the molecule is CCN(Cc1nc(-c2cccs2)no1)S(=O)(=O)c1cccs1. The number of hydrogen-bond acceptors (Lipinski definition) is 7. The maximum absolute atomic E-state index is 12.5. The van der Waals surface area contributed by atoms with Crippen molar-refractivity contribution in [2.45, 2.75) is 17.7 Å². The molecule has 0 unspecified atom stereocenters. The number of aromatic nitrogens is 2. The molecule has 0 aliphatic rings. The number of nitrogens with zero attached hydrogens (tertiary/aromatic N) is 3. The Morgan fingerprint density at radius 3 is 2.64 bits per heavy atom. The minimum absolute atomic E-state index is 0.0646. The van der Waals surface area contributed by atoms with Gasteiger partial charge in [0.2, 0.25) is 11.7 Å². The van der Waals surface area contributed by atoms with Crippen molar-refractivity contribution in [3.05, 3.63) is 40.9 Å². The van der Waals surface area contributed by atoms with Crippen molar-refractivity contribution in [3.63, 3.8) is 0 Å². The summed E-state index contributed by atoms with van der Waals surface area (Å²) in [6.07, 6.45) is 0. The van der Waals surface area contributed by atoms with Crippen LogP contribution >= 0.6 is 22.7 Å². The van der Waals surface area contributed by atoms with Crippen LogP contribution in [0, 0.1) is 0 Å². The molecule has 0 saturated carbocycles. The van der Waals surface area contributed by atoms with Gasteiger partial charge in [-0.15, -0.1) is 22.7 Å². The van der Waals surface area contributed by atoms with Crippen LogP contribution in [0.1, 0.15) is 12.8 Å². The van der Waals surface area contributed by atoms with E-state index < -0.39 is 10.0 Å². The highest BCUT2D eigenvalue weighted by molar-refractivity contribution is 7.91. The zero-order valence-corrected chi connectivity index (χ0v) is 14.1. The van der Waals surface area contributed by atoms with Gasteiger partial charge in [-0.05, 0) is 22.9 Å². The molecule has 0 atom stereocenters. The fourth-order valence-corrected chi connectivity index (χ4v) is 5.07. The summed E-state index contributed by atoms with van der Waals surface area (Å²) in [6, 6.07) is 7.09. The van der Waals surface area contributed by atoms with Crippen LogP contribution < -0.4 is 0 Å². The first-order valence-corrected chi connectivity index (χ1v) is 9.71. The molecule has 3 rings (SSSR count). The third-order valence-corrected chi connectivity index (χ3v) is 7.12. The van der Waals surface area contributed by atoms with Crippen molar-refractivity contribution >= 4 is 32.7 Å². The summed E-state index contributed by atoms with van der Waals surface area (Å²) in [6.45, 7) is 2.17. The molecule has 0 aromatic carbocycles. The van der Waals surface area contributed by atoms with E-state index in [1.54, 1.807) is 24.4 Å². The van der Waals surface area contributed by atoms with Gasteiger partial charge in [0, 0.05) is 6.54 Å². The molecule has 0 aliphatic carbocycles. The molecular weight excluding hydrogens is 342 g/mol. The van der Waals surface area contributed by atoms with Crippen LogP contribution in [0.25, 0.3) is 10.7 Å². The molecule has 3 heterocycles. The summed E-state index contributed by atoms with van der Waals surface area (Å²) in [5, 5.41) is 7.56. The molecule has 0 radical (unpaired) electrons. The Kier molecular flexibility index (Phi) is 4.39. The van der Waals surface area contributed by atoms with Crippen LogP contribution in [0.4, 0.5) is 0 Å². The topological polar surface area (TPSA) is 76.3 Å². The van der Waals surface area contributed by atoms with E-state index in [-0.39, 0.29) is 12.4 Å². The Balaban J connectivity index is 1.82. The van der Waals surface area contributed by atoms with Gasteiger partial charge in [-0.1, -0.05) is 24.2 Å². The van der Waals surface area contributed by atoms with Gasteiger partial charge in [-0.3, -0.25) is 0 Å². The summed E-state index contributed by atoms with van der Waals surface area (Å²) < 4.78 is 31.8. The van der Waals surface area contributed by atoms with Crippen molar-refractivity contribution in [1.29, 1.82) is 0 Å². The highest BCUT2D eigenvalue weighted by Gasteiger charge is 2.26. The smallest absolute Gasteiger partial charge is 0.253 e. The molecule has 22 heavy (non-hydrogen) atoms. The molecule has 3 aromatic heterocycles. The molecular formula is C13H13N3O3S3. The highest BCUT2D eigenvalue weighted by Crippen LogP contribution is 2.24. The number of thiophene rings is 2. The first kappa shape index (κ1) is 15.3. The molecule has 6 nitrogen and oxygen atoms in total. The normalized spacial score (nSPS) is 12.1. The fraction of sp³-hybridized carbons (Fsp3) is 0.231. The van der Waals surface area contributed by atoms with E-state index >= 15 is 0 Å².